The van der Waals surface area contributed by atoms with Crippen LogP contribution in [0.3, 0.4) is 0 Å². The first-order chi connectivity index (χ1) is 33.0. The zero-order chi connectivity index (χ0) is 48.6. The van der Waals surface area contributed by atoms with Crippen molar-refractivity contribution in [1.82, 2.24) is 0 Å². The van der Waals surface area contributed by atoms with Crippen LogP contribution in [0.4, 0.5) is 0 Å². The lowest BCUT2D eigenvalue weighted by atomic mass is 10.0. The highest BCUT2D eigenvalue weighted by atomic mass is 16.6. The van der Waals surface area contributed by atoms with Gasteiger partial charge >= 0.3 is 17.9 Å². The van der Waals surface area contributed by atoms with Gasteiger partial charge in [-0.2, -0.15) is 0 Å². The molecule has 0 N–H and O–H groups in total. The Morgan fingerprint density at radius 2 is 0.582 bits per heavy atom. The van der Waals surface area contributed by atoms with Crippen molar-refractivity contribution in [1.29, 1.82) is 0 Å². The third-order valence-corrected chi connectivity index (χ3v) is 12.8. The van der Waals surface area contributed by atoms with Crippen molar-refractivity contribution in [2.75, 3.05) is 13.2 Å². The predicted molar refractivity (Wildman–Crippen MR) is 289 cm³/mol. The minimum Gasteiger partial charge on any atom is -0.462 e. The predicted octanol–water partition coefficient (Wildman–Crippen LogP) is 19.4. The molecule has 0 saturated carbocycles. The molecule has 0 aliphatic rings. The van der Waals surface area contributed by atoms with Crippen molar-refractivity contribution in [3.05, 3.63) is 48.6 Å². The molecule has 0 amide bonds. The summed E-state index contributed by atoms with van der Waals surface area (Å²) in [5, 5.41) is 0. The van der Waals surface area contributed by atoms with Crippen molar-refractivity contribution in [3.63, 3.8) is 0 Å². The molecule has 0 rings (SSSR count). The molecule has 0 spiro atoms. The molecule has 390 valence electrons. The van der Waals surface area contributed by atoms with E-state index in [0.29, 0.717) is 19.3 Å². The van der Waals surface area contributed by atoms with Gasteiger partial charge in [0.25, 0.3) is 0 Å². The lowest BCUT2D eigenvalue weighted by molar-refractivity contribution is -0.167. The second-order valence-electron chi connectivity index (χ2n) is 19.5. The number of unbranched alkanes of at least 4 members (excludes halogenated alkanes) is 34. The Balaban J connectivity index is 4.02. The minimum absolute atomic E-state index is 0.0806. The zero-order valence-electron chi connectivity index (χ0n) is 44.7. The number of rotatable bonds is 53. The summed E-state index contributed by atoms with van der Waals surface area (Å²) in [4.78, 5) is 37.8. The fraction of sp³-hybridized carbons (Fsp3) is 0.820. The monoisotopic (exact) mass is 939 g/mol. The number of hydrogen-bond acceptors (Lipinski definition) is 6. The molecule has 6 nitrogen and oxygen atoms in total. The normalized spacial score (nSPS) is 12.3. The van der Waals surface area contributed by atoms with E-state index in [9.17, 15) is 14.4 Å². The average molecular weight is 940 g/mol. The molecular weight excluding hydrogens is 829 g/mol. The fourth-order valence-corrected chi connectivity index (χ4v) is 8.49. The number of carbonyl (C=O) groups is 3. The van der Waals surface area contributed by atoms with Crippen molar-refractivity contribution < 1.29 is 28.6 Å². The molecule has 0 radical (unpaired) electrons. The second-order valence-corrected chi connectivity index (χ2v) is 19.5. The lowest BCUT2D eigenvalue weighted by Gasteiger charge is -2.18. The number of allylic oxidation sites excluding steroid dienone is 8. The van der Waals surface area contributed by atoms with Crippen LogP contribution in [0.2, 0.25) is 0 Å². The third kappa shape index (κ3) is 54.2. The van der Waals surface area contributed by atoms with E-state index in [0.717, 1.165) is 103 Å². The molecule has 1 unspecified atom stereocenters. The summed E-state index contributed by atoms with van der Waals surface area (Å²) in [6, 6.07) is 0. The van der Waals surface area contributed by atoms with Crippen LogP contribution >= 0.6 is 0 Å². The first-order valence-electron chi connectivity index (χ1n) is 29.1. The molecule has 0 aliphatic heterocycles. The Kier molecular flexibility index (Phi) is 53.8. The maximum atomic E-state index is 12.8. The molecule has 0 heterocycles. The van der Waals surface area contributed by atoms with Gasteiger partial charge in [-0.3, -0.25) is 14.4 Å². The Morgan fingerprint density at radius 1 is 0.313 bits per heavy atom. The summed E-state index contributed by atoms with van der Waals surface area (Å²) in [6.45, 7) is 6.45. The van der Waals surface area contributed by atoms with Gasteiger partial charge in [0.05, 0.1) is 0 Å². The van der Waals surface area contributed by atoms with E-state index >= 15 is 0 Å². The van der Waals surface area contributed by atoms with Gasteiger partial charge in [-0.15, -0.1) is 0 Å². The van der Waals surface area contributed by atoms with Crippen LogP contribution in [0.5, 0.6) is 0 Å². The molecule has 67 heavy (non-hydrogen) atoms. The average Bonchev–Trinajstić information content (AvgIpc) is 3.33. The summed E-state index contributed by atoms with van der Waals surface area (Å²) in [7, 11) is 0. The van der Waals surface area contributed by atoms with Crippen molar-refractivity contribution in [3.8, 4) is 0 Å². The smallest absolute Gasteiger partial charge is 0.306 e. The quantitative estimate of drug-likeness (QED) is 0.0262. The number of ether oxygens (including phenoxy) is 3. The zero-order valence-corrected chi connectivity index (χ0v) is 44.7. The Labute approximate surface area is 416 Å². The summed E-state index contributed by atoms with van der Waals surface area (Å²) in [5.41, 5.74) is 0. The van der Waals surface area contributed by atoms with Crippen LogP contribution in [-0.4, -0.2) is 37.2 Å². The number of hydrogen-bond donors (Lipinski definition) is 0. The maximum Gasteiger partial charge on any atom is 0.306 e. The molecule has 0 aromatic heterocycles. The third-order valence-electron chi connectivity index (χ3n) is 12.8. The topological polar surface area (TPSA) is 78.9 Å². The fourth-order valence-electron chi connectivity index (χ4n) is 8.49. The molecule has 0 saturated heterocycles. The standard InChI is InChI=1S/C61H110O6/c1-4-7-10-13-15-17-19-21-23-25-26-27-28-29-30-31-32-33-34-36-37-39-41-43-45-48-51-54-60(63)66-57-58(56-65-59(62)53-50-47-12-9-6-3)67-61(64)55-52-49-46-44-42-40-38-35-24-22-20-18-16-14-11-8-5-2/h8,11,16,18,22,24,38,40,58H,4-7,9-10,12-15,17,19-21,23,25-37,39,41-57H2,1-3H3/b11-8-,18-16-,24-22-,40-38-. The van der Waals surface area contributed by atoms with E-state index < -0.39 is 6.10 Å². The van der Waals surface area contributed by atoms with Gasteiger partial charge in [-0.25, -0.2) is 0 Å². The van der Waals surface area contributed by atoms with Crippen molar-refractivity contribution in [2.45, 2.75) is 309 Å². The van der Waals surface area contributed by atoms with Crippen LogP contribution in [0.25, 0.3) is 0 Å². The SMILES string of the molecule is CC/C=C\C/C=C\C/C=C\C/C=C\CCCCCCC(=O)OC(COC(=O)CCCCCCC)COC(=O)CCCCCCCCCCCCCCCCCCCCCCCCCCCCC. The van der Waals surface area contributed by atoms with E-state index in [1.54, 1.807) is 0 Å². The molecule has 0 aliphatic carbocycles. The van der Waals surface area contributed by atoms with Crippen LogP contribution in [0.1, 0.15) is 303 Å². The van der Waals surface area contributed by atoms with E-state index in [-0.39, 0.29) is 31.1 Å². The van der Waals surface area contributed by atoms with E-state index in [1.165, 1.54) is 161 Å². The van der Waals surface area contributed by atoms with Gasteiger partial charge in [0, 0.05) is 19.3 Å². The molecule has 1 atom stereocenters. The highest BCUT2D eigenvalue weighted by molar-refractivity contribution is 5.71. The molecular formula is C61H110O6. The molecule has 6 heteroatoms. The highest BCUT2D eigenvalue weighted by Gasteiger charge is 2.19. The van der Waals surface area contributed by atoms with Gasteiger partial charge in [0.2, 0.25) is 0 Å². The van der Waals surface area contributed by atoms with Crippen molar-refractivity contribution >= 4 is 17.9 Å². The second kappa shape index (κ2) is 56.0. The van der Waals surface area contributed by atoms with Gasteiger partial charge in [-0.05, 0) is 57.8 Å². The summed E-state index contributed by atoms with van der Waals surface area (Å²) < 4.78 is 16.7. The minimum atomic E-state index is -0.780. The van der Waals surface area contributed by atoms with Gasteiger partial charge in [0.1, 0.15) is 13.2 Å². The van der Waals surface area contributed by atoms with Gasteiger partial charge in [-0.1, -0.05) is 275 Å². The van der Waals surface area contributed by atoms with E-state index in [4.69, 9.17) is 14.2 Å². The van der Waals surface area contributed by atoms with E-state index in [2.05, 4.69) is 69.4 Å². The largest absolute Gasteiger partial charge is 0.462 e. The van der Waals surface area contributed by atoms with Crippen molar-refractivity contribution in [2.24, 2.45) is 0 Å². The van der Waals surface area contributed by atoms with Crippen LogP contribution in [-0.2, 0) is 28.6 Å². The van der Waals surface area contributed by atoms with Gasteiger partial charge < -0.3 is 14.2 Å². The Morgan fingerprint density at radius 3 is 0.910 bits per heavy atom. The number of carbonyl (C=O) groups excluding carboxylic acids is 3. The maximum absolute atomic E-state index is 12.8. The van der Waals surface area contributed by atoms with Crippen LogP contribution in [0, 0.1) is 0 Å². The van der Waals surface area contributed by atoms with Gasteiger partial charge in [0.15, 0.2) is 6.10 Å². The highest BCUT2D eigenvalue weighted by Crippen LogP contribution is 2.17. The summed E-state index contributed by atoms with van der Waals surface area (Å²) in [6.07, 6.45) is 68.8. The molecule has 0 bridgehead atoms. The Hall–Kier alpha value is -2.63. The summed E-state index contributed by atoms with van der Waals surface area (Å²) >= 11 is 0. The van der Waals surface area contributed by atoms with E-state index in [1.807, 2.05) is 0 Å². The molecule has 0 fully saturated rings. The molecule has 0 aromatic carbocycles. The van der Waals surface area contributed by atoms with Crippen LogP contribution in [0.15, 0.2) is 48.6 Å². The first-order valence-corrected chi connectivity index (χ1v) is 29.1. The number of esters is 3. The first kappa shape index (κ1) is 64.4. The molecule has 0 aromatic rings. The lowest BCUT2D eigenvalue weighted by Crippen LogP contribution is -2.30. The summed E-state index contributed by atoms with van der Waals surface area (Å²) in [5.74, 6) is -0.907. The van der Waals surface area contributed by atoms with Crippen LogP contribution < -0.4 is 0 Å². The Bertz CT molecular complexity index is 1170.